The average molecular weight is 368 g/mol. The highest BCUT2D eigenvalue weighted by molar-refractivity contribution is 6.39. The van der Waals surface area contributed by atoms with Crippen LogP contribution in [0.5, 0.6) is 11.5 Å². The van der Waals surface area contributed by atoms with Crippen LogP contribution in [0.15, 0.2) is 48.5 Å². The molecular formula is C21H24N2O4. The van der Waals surface area contributed by atoms with E-state index < -0.39 is 11.8 Å². The summed E-state index contributed by atoms with van der Waals surface area (Å²) >= 11 is 0. The van der Waals surface area contributed by atoms with Crippen molar-refractivity contribution >= 4 is 17.5 Å². The Bertz CT molecular complexity index is 825. The van der Waals surface area contributed by atoms with Gasteiger partial charge in [-0.2, -0.15) is 0 Å². The lowest BCUT2D eigenvalue weighted by molar-refractivity contribution is -0.136. The van der Waals surface area contributed by atoms with Gasteiger partial charge in [-0.3, -0.25) is 9.59 Å². The molecular weight excluding hydrogens is 344 g/mol. The molecule has 1 heterocycles. The van der Waals surface area contributed by atoms with E-state index in [0.29, 0.717) is 23.8 Å². The summed E-state index contributed by atoms with van der Waals surface area (Å²) in [6, 6.07) is 14.8. The standard InChI is InChI=1S/C21H24N2O4/c1-21(2,3)14-8-10-15(11-9-14)23-20(25)19(24)22-12-16-13-26-17-6-4-5-7-18(17)27-16/h4-11,16H,12-13H2,1-3H3,(H,22,24)(H,23,25). The largest absolute Gasteiger partial charge is 0.486 e. The van der Waals surface area contributed by atoms with E-state index in [0.717, 1.165) is 5.56 Å². The Labute approximate surface area is 158 Å². The molecule has 0 bridgehead atoms. The summed E-state index contributed by atoms with van der Waals surface area (Å²) < 4.78 is 11.3. The van der Waals surface area contributed by atoms with E-state index in [1.165, 1.54) is 0 Å². The zero-order valence-electron chi connectivity index (χ0n) is 15.7. The third-order valence-corrected chi connectivity index (χ3v) is 4.27. The van der Waals surface area contributed by atoms with Crippen LogP contribution in [0.25, 0.3) is 0 Å². The van der Waals surface area contributed by atoms with E-state index in [1.807, 2.05) is 30.3 Å². The van der Waals surface area contributed by atoms with Crippen molar-refractivity contribution in [2.75, 3.05) is 18.5 Å². The highest BCUT2D eigenvalue weighted by Gasteiger charge is 2.23. The molecule has 2 aromatic carbocycles. The molecule has 6 heteroatoms. The molecule has 0 aliphatic carbocycles. The van der Waals surface area contributed by atoms with Crippen LogP contribution in [0.2, 0.25) is 0 Å². The van der Waals surface area contributed by atoms with Crippen molar-refractivity contribution < 1.29 is 19.1 Å². The minimum atomic E-state index is -0.712. The molecule has 1 aliphatic rings. The third-order valence-electron chi connectivity index (χ3n) is 4.27. The predicted octanol–water partition coefficient (Wildman–Crippen LogP) is 2.88. The first-order valence-corrected chi connectivity index (χ1v) is 8.91. The molecule has 2 aromatic rings. The molecule has 1 aliphatic heterocycles. The molecule has 2 N–H and O–H groups in total. The second kappa shape index (κ2) is 7.70. The van der Waals surface area contributed by atoms with E-state index in [-0.39, 0.29) is 18.1 Å². The fourth-order valence-electron chi connectivity index (χ4n) is 2.69. The van der Waals surface area contributed by atoms with Gasteiger partial charge in [0.05, 0.1) is 6.54 Å². The molecule has 1 atom stereocenters. The fourth-order valence-corrected chi connectivity index (χ4v) is 2.69. The number of carbonyl (C=O) groups is 2. The number of anilines is 1. The zero-order chi connectivity index (χ0) is 19.4. The van der Waals surface area contributed by atoms with Gasteiger partial charge in [-0.1, -0.05) is 45.0 Å². The summed E-state index contributed by atoms with van der Waals surface area (Å²) in [5.41, 5.74) is 1.76. The van der Waals surface area contributed by atoms with Gasteiger partial charge in [0.15, 0.2) is 11.5 Å². The number of fused-ring (bicyclic) bond motifs is 1. The Morgan fingerprint density at radius 3 is 2.33 bits per heavy atom. The van der Waals surface area contributed by atoms with E-state index in [4.69, 9.17) is 9.47 Å². The van der Waals surface area contributed by atoms with E-state index in [2.05, 4.69) is 31.4 Å². The molecule has 0 saturated heterocycles. The van der Waals surface area contributed by atoms with Crippen molar-refractivity contribution in [3.05, 3.63) is 54.1 Å². The summed E-state index contributed by atoms with van der Waals surface area (Å²) in [6.45, 7) is 6.84. The lowest BCUT2D eigenvalue weighted by Crippen LogP contribution is -2.44. The van der Waals surface area contributed by atoms with E-state index in [9.17, 15) is 9.59 Å². The molecule has 142 valence electrons. The van der Waals surface area contributed by atoms with E-state index >= 15 is 0 Å². The van der Waals surface area contributed by atoms with Gasteiger partial charge in [-0.05, 0) is 35.2 Å². The molecule has 0 aromatic heterocycles. The minimum Gasteiger partial charge on any atom is -0.486 e. The number of benzene rings is 2. The van der Waals surface area contributed by atoms with Gasteiger partial charge in [0.25, 0.3) is 0 Å². The number of amides is 2. The first-order valence-electron chi connectivity index (χ1n) is 8.91. The summed E-state index contributed by atoms with van der Waals surface area (Å²) in [6.07, 6.45) is -0.345. The number of carbonyl (C=O) groups excluding carboxylic acids is 2. The Morgan fingerprint density at radius 2 is 1.67 bits per heavy atom. The molecule has 2 amide bonds. The zero-order valence-corrected chi connectivity index (χ0v) is 15.7. The average Bonchev–Trinajstić information content (AvgIpc) is 2.65. The summed E-state index contributed by atoms with van der Waals surface area (Å²) in [4.78, 5) is 24.1. The number of para-hydroxylation sites is 2. The van der Waals surface area contributed by atoms with Gasteiger partial charge in [-0.25, -0.2) is 0 Å². The number of nitrogens with one attached hydrogen (secondary N) is 2. The molecule has 0 fully saturated rings. The number of hydrogen-bond donors (Lipinski definition) is 2. The molecule has 1 unspecified atom stereocenters. The van der Waals surface area contributed by atoms with Crippen molar-refractivity contribution in [3.8, 4) is 11.5 Å². The highest BCUT2D eigenvalue weighted by Crippen LogP contribution is 2.30. The smallest absolute Gasteiger partial charge is 0.313 e. The number of rotatable bonds is 3. The molecule has 0 radical (unpaired) electrons. The second-order valence-electron chi connectivity index (χ2n) is 7.49. The Balaban J connectivity index is 1.49. The molecule has 0 saturated carbocycles. The van der Waals surface area contributed by atoms with Crippen molar-refractivity contribution in [2.24, 2.45) is 0 Å². The molecule has 0 spiro atoms. The molecule has 3 rings (SSSR count). The van der Waals surface area contributed by atoms with Crippen LogP contribution < -0.4 is 20.1 Å². The van der Waals surface area contributed by atoms with Crippen LogP contribution in [0.4, 0.5) is 5.69 Å². The van der Waals surface area contributed by atoms with Crippen LogP contribution >= 0.6 is 0 Å². The Kier molecular flexibility index (Phi) is 5.35. The topological polar surface area (TPSA) is 76.7 Å². The highest BCUT2D eigenvalue weighted by atomic mass is 16.6. The lowest BCUT2D eigenvalue weighted by atomic mass is 9.87. The van der Waals surface area contributed by atoms with Gasteiger partial charge >= 0.3 is 11.8 Å². The number of hydrogen-bond acceptors (Lipinski definition) is 4. The van der Waals surface area contributed by atoms with Crippen molar-refractivity contribution in [2.45, 2.75) is 32.3 Å². The monoisotopic (exact) mass is 368 g/mol. The normalized spacial score (nSPS) is 15.7. The quantitative estimate of drug-likeness (QED) is 0.817. The van der Waals surface area contributed by atoms with Gasteiger partial charge in [0.1, 0.15) is 12.7 Å². The maximum absolute atomic E-state index is 12.1. The Morgan fingerprint density at radius 1 is 1.00 bits per heavy atom. The van der Waals surface area contributed by atoms with Gasteiger partial charge < -0.3 is 20.1 Å². The molecule has 6 nitrogen and oxygen atoms in total. The first kappa shape index (κ1) is 18.8. The van der Waals surface area contributed by atoms with Crippen molar-refractivity contribution in [3.63, 3.8) is 0 Å². The lowest BCUT2D eigenvalue weighted by Gasteiger charge is -2.26. The van der Waals surface area contributed by atoms with Gasteiger partial charge in [-0.15, -0.1) is 0 Å². The van der Waals surface area contributed by atoms with E-state index in [1.54, 1.807) is 18.2 Å². The van der Waals surface area contributed by atoms with Crippen LogP contribution in [0.1, 0.15) is 26.3 Å². The van der Waals surface area contributed by atoms with Crippen LogP contribution in [0, 0.1) is 0 Å². The summed E-state index contributed by atoms with van der Waals surface area (Å²) in [7, 11) is 0. The van der Waals surface area contributed by atoms with Crippen molar-refractivity contribution in [1.29, 1.82) is 0 Å². The van der Waals surface area contributed by atoms with Crippen molar-refractivity contribution in [1.82, 2.24) is 5.32 Å². The summed E-state index contributed by atoms with van der Waals surface area (Å²) in [5, 5.41) is 5.18. The maximum Gasteiger partial charge on any atom is 0.313 e. The Hall–Kier alpha value is -3.02. The third kappa shape index (κ3) is 4.78. The van der Waals surface area contributed by atoms with Gasteiger partial charge in [0.2, 0.25) is 0 Å². The minimum absolute atomic E-state index is 0.0284. The maximum atomic E-state index is 12.1. The predicted molar refractivity (Wildman–Crippen MR) is 103 cm³/mol. The summed E-state index contributed by atoms with van der Waals surface area (Å²) in [5.74, 6) is -0.115. The second-order valence-corrected chi connectivity index (χ2v) is 7.49. The van der Waals surface area contributed by atoms with Crippen LogP contribution in [-0.4, -0.2) is 31.1 Å². The fraction of sp³-hybridized carbons (Fsp3) is 0.333. The van der Waals surface area contributed by atoms with Gasteiger partial charge in [0, 0.05) is 5.69 Å². The first-order chi connectivity index (χ1) is 12.8. The van der Waals surface area contributed by atoms with Crippen LogP contribution in [0.3, 0.4) is 0 Å². The molecule has 27 heavy (non-hydrogen) atoms. The SMILES string of the molecule is CC(C)(C)c1ccc(NC(=O)C(=O)NCC2COc3ccccc3O2)cc1. The number of ether oxygens (including phenoxy) is 2. The van der Waals surface area contributed by atoms with Crippen LogP contribution in [-0.2, 0) is 15.0 Å².